The molecular formula is C36H40ClN3O5S. The highest BCUT2D eigenvalue weighted by molar-refractivity contribution is 7.92. The minimum absolute atomic E-state index is 0.00976. The highest BCUT2D eigenvalue weighted by atomic mass is 35.5. The van der Waals surface area contributed by atoms with Crippen molar-refractivity contribution in [2.45, 2.75) is 57.1 Å². The van der Waals surface area contributed by atoms with Gasteiger partial charge in [0.05, 0.1) is 22.7 Å². The topological polar surface area (TPSA) is 96.0 Å². The molecule has 0 spiro atoms. The first-order valence-corrected chi connectivity index (χ1v) is 17.0. The molecule has 0 aliphatic rings. The fraction of sp³-hybridized carbons (Fsp3) is 0.278. The van der Waals surface area contributed by atoms with Crippen LogP contribution in [0.3, 0.4) is 0 Å². The quantitative estimate of drug-likeness (QED) is 0.169. The number of nitrogens with one attached hydrogen (secondary N) is 1. The van der Waals surface area contributed by atoms with E-state index in [0.717, 1.165) is 21.0 Å². The average molecular weight is 662 g/mol. The highest BCUT2D eigenvalue weighted by Crippen LogP contribution is 2.32. The SMILES string of the molecule is CCC(C)NC(=O)C(Cc1ccccc1)N(Cc1ccccc1C)C(=O)CN(c1ccc(OC)c(Cl)c1)S(=O)(=O)c1ccccc1. The molecule has 0 aliphatic carbocycles. The van der Waals surface area contributed by atoms with Crippen molar-refractivity contribution in [2.24, 2.45) is 0 Å². The molecule has 4 rings (SSSR count). The van der Waals surface area contributed by atoms with Crippen LogP contribution in [0.4, 0.5) is 5.69 Å². The van der Waals surface area contributed by atoms with Crippen LogP contribution in [0, 0.1) is 6.92 Å². The molecule has 2 unspecified atom stereocenters. The number of hydrogen-bond donors (Lipinski definition) is 1. The second-order valence-corrected chi connectivity index (χ2v) is 13.4. The Kier molecular flexibility index (Phi) is 11.8. The first kappa shape index (κ1) is 34.5. The van der Waals surface area contributed by atoms with Gasteiger partial charge in [0.1, 0.15) is 18.3 Å². The van der Waals surface area contributed by atoms with E-state index in [4.69, 9.17) is 16.3 Å². The maximum Gasteiger partial charge on any atom is 0.264 e. The van der Waals surface area contributed by atoms with Crippen molar-refractivity contribution in [3.63, 3.8) is 0 Å². The van der Waals surface area contributed by atoms with E-state index in [9.17, 15) is 18.0 Å². The fourth-order valence-corrected chi connectivity index (χ4v) is 6.70. The summed E-state index contributed by atoms with van der Waals surface area (Å²) in [5.74, 6) is -0.500. The van der Waals surface area contributed by atoms with Crippen molar-refractivity contribution in [3.05, 3.63) is 125 Å². The van der Waals surface area contributed by atoms with E-state index < -0.39 is 28.5 Å². The maximum absolute atomic E-state index is 14.6. The van der Waals surface area contributed by atoms with Gasteiger partial charge in [0.25, 0.3) is 10.0 Å². The zero-order valence-corrected chi connectivity index (χ0v) is 28.1. The van der Waals surface area contributed by atoms with Gasteiger partial charge in [-0.25, -0.2) is 8.42 Å². The lowest BCUT2D eigenvalue weighted by Crippen LogP contribution is -2.54. The summed E-state index contributed by atoms with van der Waals surface area (Å²) >= 11 is 6.44. The number of nitrogens with zero attached hydrogens (tertiary/aromatic N) is 2. The Hall–Kier alpha value is -4.34. The molecule has 4 aromatic carbocycles. The molecule has 0 aliphatic heterocycles. The number of rotatable bonds is 14. The van der Waals surface area contributed by atoms with Crippen LogP contribution in [-0.4, -0.2) is 50.9 Å². The summed E-state index contributed by atoms with van der Waals surface area (Å²) in [7, 11) is -2.78. The predicted molar refractivity (Wildman–Crippen MR) is 183 cm³/mol. The van der Waals surface area contributed by atoms with Crippen LogP contribution < -0.4 is 14.4 Å². The summed E-state index contributed by atoms with van der Waals surface area (Å²) in [6.07, 6.45) is 0.942. The first-order chi connectivity index (χ1) is 22.0. The second kappa shape index (κ2) is 15.8. The van der Waals surface area contributed by atoms with Crippen LogP contribution in [0.2, 0.25) is 5.02 Å². The number of carbonyl (C=O) groups is 2. The van der Waals surface area contributed by atoms with E-state index in [1.807, 2.05) is 75.4 Å². The highest BCUT2D eigenvalue weighted by Gasteiger charge is 2.35. The Morgan fingerprint density at radius 1 is 0.913 bits per heavy atom. The number of ether oxygens (including phenoxy) is 1. The minimum Gasteiger partial charge on any atom is -0.495 e. The Morgan fingerprint density at radius 2 is 1.54 bits per heavy atom. The number of anilines is 1. The van der Waals surface area contributed by atoms with Gasteiger partial charge in [0.2, 0.25) is 11.8 Å². The third-order valence-corrected chi connectivity index (χ3v) is 9.99. The number of methoxy groups -OCH3 is 1. The molecule has 2 atom stereocenters. The number of aryl methyl sites for hydroxylation is 1. The van der Waals surface area contributed by atoms with Crippen molar-refractivity contribution >= 4 is 39.1 Å². The number of carbonyl (C=O) groups excluding carboxylic acids is 2. The lowest BCUT2D eigenvalue weighted by atomic mass is 10.0. The smallest absolute Gasteiger partial charge is 0.264 e. The molecular weight excluding hydrogens is 622 g/mol. The first-order valence-electron chi connectivity index (χ1n) is 15.1. The van der Waals surface area contributed by atoms with Crippen LogP contribution in [0.1, 0.15) is 37.0 Å². The Balaban J connectivity index is 1.83. The third kappa shape index (κ3) is 8.47. The van der Waals surface area contributed by atoms with Crippen LogP contribution in [0.15, 0.2) is 108 Å². The van der Waals surface area contributed by atoms with Crippen molar-refractivity contribution in [3.8, 4) is 5.75 Å². The number of sulfonamides is 1. The maximum atomic E-state index is 14.6. The zero-order chi connectivity index (χ0) is 33.3. The molecule has 242 valence electrons. The molecule has 4 aromatic rings. The molecule has 10 heteroatoms. The molecule has 0 radical (unpaired) electrons. The molecule has 0 fully saturated rings. The van der Waals surface area contributed by atoms with E-state index >= 15 is 0 Å². The largest absolute Gasteiger partial charge is 0.495 e. The molecule has 1 N–H and O–H groups in total. The zero-order valence-electron chi connectivity index (χ0n) is 26.5. The van der Waals surface area contributed by atoms with Gasteiger partial charge < -0.3 is 15.0 Å². The van der Waals surface area contributed by atoms with Crippen LogP contribution in [-0.2, 0) is 32.6 Å². The van der Waals surface area contributed by atoms with Gasteiger partial charge in [-0.2, -0.15) is 0 Å². The normalized spacial score (nSPS) is 12.5. The van der Waals surface area contributed by atoms with Gasteiger partial charge in [0, 0.05) is 19.0 Å². The molecule has 0 saturated carbocycles. The van der Waals surface area contributed by atoms with Gasteiger partial charge in [0.15, 0.2) is 0 Å². The van der Waals surface area contributed by atoms with Gasteiger partial charge in [-0.1, -0.05) is 91.3 Å². The minimum atomic E-state index is -4.24. The lowest BCUT2D eigenvalue weighted by Gasteiger charge is -2.34. The van der Waals surface area contributed by atoms with E-state index in [-0.39, 0.29) is 40.5 Å². The monoisotopic (exact) mass is 661 g/mol. The lowest BCUT2D eigenvalue weighted by molar-refractivity contribution is -0.140. The number of halogens is 1. The van der Waals surface area contributed by atoms with Crippen LogP contribution >= 0.6 is 11.6 Å². The van der Waals surface area contributed by atoms with Gasteiger partial charge in [-0.3, -0.25) is 13.9 Å². The summed E-state index contributed by atoms with van der Waals surface area (Å²) in [6.45, 7) is 5.34. The molecule has 0 heterocycles. The van der Waals surface area contributed by atoms with Crippen LogP contribution in [0.5, 0.6) is 5.75 Å². The second-order valence-electron chi connectivity index (χ2n) is 11.1. The van der Waals surface area contributed by atoms with Crippen molar-refractivity contribution in [1.29, 1.82) is 0 Å². The van der Waals surface area contributed by atoms with E-state index in [1.54, 1.807) is 30.3 Å². The van der Waals surface area contributed by atoms with E-state index in [2.05, 4.69) is 5.32 Å². The van der Waals surface area contributed by atoms with Gasteiger partial charge in [-0.15, -0.1) is 0 Å². The standard InChI is InChI=1S/C36H40ClN3O5S/c1-5-27(3)38-36(42)33(22-28-15-8-6-9-16-28)39(24-29-17-13-12-14-26(29)2)35(41)25-40(30-20-21-34(45-4)32(37)23-30)46(43,44)31-18-10-7-11-19-31/h6-21,23,27,33H,5,22,24-25H2,1-4H3,(H,38,42). The molecule has 8 nitrogen and oxygen atoms in total. The van der Waals surface area contributed by atoms with Gasteiger partial charge in [-0.05, 0) is 67.3 Å². The van der Waals surface area contributed by atoms with Crippen molar-refractivity contribution < 1.29 is 22.7 Å². The Labute approximate surface area is 277 Å². The average Bonchev–Trinajstić information content (AvgIpc) is 3.06. The molecule has 0 bridgehead atoms. The number of hydrogen-bond acceptors (Lipinski definition) is 5. The summed E-state index contributed by atoms with van der Waals surface area (Å²) in [4.78, 5) is 30.1. The van der Waals surface area contributed by atoms with Crippen molar-refractivity contribution in [1.82, 2.24) is 10.2 Å². The number of benzene rings is 4. The molecule has 0 saturated heterocycles. The predicted octanol–water partition coefficient (Wildman–Crippen LogP) is 6.41. The summed E-state index contributed by atoms with van der Waals surface area (Å²) in [5, 5.41) is 3.24. The number of amides is 2. The Bertz CT molecular complexity index is 1740. The summed E-state index contributed by atoms with van der Waals surface area (Å²) in [5.41, 5.74) is 2.83. The van der Waals surface area contributed by atoms with Crippen molar-refractivity contribution in [2.75, 3.05) is 18.0 Å². The molecule has 2 amide bonds. The molecule has 46 heavy (non-hydrogen) atoms. The summed E-state index contributed by atoms with van der Waals surface area (Å²) in [6, 6.07) is 28.5. The van der Waals surface area contributed by atoms with E-state index in [1.165, 1.54) is 30.2 Å². The fourth-order valence-electron chi connectivity index (χ4n) is 5.02. The summed E-state index contributed by atoms with van der Waals surface area (Å²) < 4.78 is 34.6. The molecule has 0 aromatic heterocycles. The Morgan fingerprint density at radius 3 is 2.15 bits per heavy atom. The third-order valence-electron chi connectivity index (χ3n) is 7.91. The van der Waals surface area contributed by atoms with Gasteiger partial charge >= 0.3 is 0 Å². The van der Waals surface area contributed by atoms with Crippen LogP contribution in [0.25, 0.3) is 0 Å². The van der Waals surface area contributed by atoms with E-state index in [0.29, 0.717) is 12.2 Å².